The highest BCUT2D eigenvalue weighted by molar-refractivity contribution is 7.90. The number of β-amino-alcohol motifs (C(OH)–C–C–N with tert-alkyl or cyclic N) is 1. The maximum absolute atomic E-state index is 12.1. The van der Waals surface area contributed by atoms with E-state index in [-0.39, 0.29) is 12.4 Å². The van der Waals surface area contributed by atoms with Crippen molar-refractivity contribution in [2.24, 2.45) is 0 Å². The number of benzene rings is 2. The van der Waals surface area contributed by atoms with Crippen molar-refractivity contribution < 1.29 is 18.3 Å². The number of piperazine rings is 1. The molecule has 0 saturated carbocycles. The summed E-state index contributed by atoms with van der Waals surface area (Å²) in [6.07, 6.45) is 3.00. The Balaban J connectivity index is 0.00000342. The lowest BCUT2D eigenvalue weighted by molar-refractivity contribution is 0.0242. The second kappa shape index (κ2) is 13.0. The van der Waals surface area contributed by atoms with Gasteiger partial charge in [-0.1, -0.05) is 36.4 Å². The van der Waals surface area contributed by atoms with Crippen LogP contribution in [0.15, 0.2) is 59.5 Å². The summed E-state index contributed by atoms with van der Waals surface area (Å²) in [6.45, 7) is 7.57. The molecule has 4 rings (SSSR count). The lowest BCUT2D eigenvalue weighted by Gasteiger charge is -2.43. The number of hydrogen-bond acceptors (Lipinski definition) is 7. The van der Waals surface area contributed by atoms with E-state index in [0.29, 0.717) is 30.6 Å². The minimum atomic E-state index is -3.21. The predicted octanol–water partition coefficient (Wildman–Crippen LogP) is 2.53. The Bertz CT molecular complexity index is 1010. The topological polar surface area (TPSA) is 73.3 Å². The third-order valence-electron chi connectivity index (χ3n) is 6.90. The van der Waals surface area contributed by atoms with E-state index in [1.807, 2.05) is 42.5 Å². The molecule has 194 valence electrons. The Hall–Kier alpha value is -1.68. The number of halogens is 1. The molecule has 1 N–H and O–H groups in total. The molecule has 35 heavy (non-hydrogen) atoms. The minimum absolute atomic E-state index is 0. The Morgan fingerprint density at radius 1 is 0.914 bits per heavy atom. The number of sulfone groups is 1. The van der Waals surface area contributed by atoms with Gasteiger partial charge >= 0.3 is 0 Å². The molecule has 0 radical (unpaired) electrons. The number of para-hydroxylation sites is 1. The molecule has 2 aromatic rings. The van der Waals surface area contributed by atoms with Crippen molar-refractivity contribution in [1.82, 2.24) is 14.7 Å². The van der Waals surface area contributed by atoms with Crippen molar-refractivity contribution in [3.8, 4) is 5.75 Å². The SMILES string of the molecule is CS(=O)(=O)c1ccccc1CN1CCC(N2CCN(CC(O)COc3ccccc3)CC2)CC1.Cl. The van der Waals surface area contributed by atoms with Gasteiger partial charge in [0.2, 0.25) is 0 Å². The van der Waals surface area contributed by atoms with E-state index in [2.05, 4.69) is 14.7 Å². The number of aliphatic hydroxyl groups excluding tert-OH is 1. The molecule has 0 aliphatic carbocycles. The van der Waals surface area contributed by atoms with Crippen LogP contribution in [0.1, 0.15) is 18.4 Å². The third-order valence-corrected chi connectivity index (χ3v) is 8.10. The zero-order chi connectivity index (χ0) is 24.0. The predicted molar refractivity (Wildman–Crippen MR) is 141 cm³/mol. The second-order valence-electron chi connectivity index (χ2n) is 9.50. The van der Waals surface area contributed by atoms with E-state index in [4.69, 9.17) is 4.74 Å². The molecule has 0 bridgehead atoms. The van der Waals surface area contributed by atoms with Crippen molar-refractivity contribution in [3.63, 3.8) is 0 Å². The molecule has 2 heterocycles. The Kier molecular flexibility index (Phi) is 10.4. The summed E-state index contributed by atoms with van der Waals surface area (Å²) in [5, 5.41) is 10.4. The summed E-state index contributed by atoms with van der Waals surface area (Å²) in [7, 11) is -3.21. The van der Waals surface area contributed by atoms with Crippen molar-refractivity contribution in [2.45, 2.75) is 36.4 Å². The minimum Gasteiger partial charge on any atom is -0.491 e. The van der Waals surface area contributed by atoms with Crippen LogP contribution >= 0.6 is 12.4 Å². The zero-order valence-electron chi connectivity index (χ0n) is 20.5. The van der Waals surface area contributed by atoms with E-state index in [0.717, 1.165) is 63.4 Å². The van der Waals surface area contributed by atoms with E-state index >= 15 is 0 Å². The van der Waals surface area contributed by atoms with Crippen molar-refractivity contribution >= 4 is 22.2 Å². The Labute approximate surface area is 216 Å². The van der Waals surface area contributed by atoms with Gasteiger partial charge in [-0.25, -0.2) is 8.42 Å². The van der Waals surface area contributed by atoms with E-state index in [9.17, 15) is 13.5 Å². The molecular weight excluding hydrogens is 486 g/mol. The number of likely N-dealkylation sites (tertiary alicyclic amines) is 1. The van der Waals surface area contributed by atoms with Gasteiger partial charge in [0, 0.05) is 51.6 Å². The lowest BCUT2D eigenvalue weighted by atomic mass is 10.0. The molecule has 1 atom stereocenters. The van der Waals surface area contributed by atoms with Crippen LogP contribution in [0.25, 0.3) is 0 Å². The highest BCUT2D eigenvalue weighted by atomic mass is 35.5. The van der Waals surface area contributed by atoms with E-state index in [1.54, 1.807) is 12.1 Å². The first-order valence-corrected chi connectivity index (χ1v) is 14.1. The smallest absolute Gasteiger partial charge is 0.175 e. The number of aliphatic hydroxyl groups is 1. The Morgan fingerprint density at radius 2 is 1.54 bits per heavy atom. The summed E-state index contributed by atoms with van der Waals surface area (Å²) in [6, 6.07) is 17.5. The average molecular weight is 524 g/mol. The van der Waals surface area contributed by atoms with Crippen molar-refractivity contribution in [3.05, 3.63) is 60.2 Å². The highest BCUT2D eigenvalue weighted by Gasteiger charge is 2.28. The van der Waals surface area contributed by atoms with E-state index < -0.39 is 15.9 Å². The first-order chi connectivity index (χ1) is 16.4. The summed E-state index contributed by atoms with van der Waals surface area (Å²) in [5.74, 6) is 0.789. The maximum atomic E-state index is 12.1. The Morgan fingerprint density at radius 3 is 2.20 bits per heavy atom. The zero-order valence-corrected chi connectivity index (χ0v) is 22.1. The largest absolute Gasteiger partial charge is 0.491 e. The molecule has 2 aromatic carbocycles. The fraction of sp³-hybridized carbons (Fsp3) is 0.538. The van der Waals surface area contributed by atoms with Gasteiger partial charge in [-0.15, -0.1) is 12.4 Å². The van der Waals surface area contributed by atoms with Crippen LogP contribution in [0.5, 0.6) is 5.75 Å². The first-order valence-electron chi connectivity index (χ1n) is 12.2. The highest BCUT2D eigenvalue weighted by Crippen LogP contribution is 2.23. The standard InChI is InChI=1S/C26H37N3O4S.ClH/c1-34(31,32)26-10-6-5-7-22(26)19-27-13-11-23(12-14-27)29-17-15-28(16-18-29)20-24(30)21-33-25-8-3-2-4-9-25;/h2-10,23-24,30H,11-21H2,1H3;1H. The monoisotopic (exact) mass is 523 g/mol. The van der Waals surface area contributed by atoms with Gasteiger partial charge in [0.25, 0.3) is 0 Å². The van der Waals surface area contributed by atoms with Gasteiger partial charge in [0.05, 0.1) is 4.90 Å². The molecule has 2 fully saturated rings. The van der Waals surface area contributed by atoms with Crippen LogP contribution in [-0.2, 0) is 16.4 Å². The van der Waals surface area contributed by atoms with Crippen molar-refractivity contribution in [2.75, 3.05) is 58.7 Å². The molecule has 0 aromatic heterocycles. The molecular formula is C26H38ClN3O4S. The van der Waals surface area contributed by atoms with Crippen LogP contribution in [0.3, 0.4) is 0 Å². The quantitative estimate of drug-likeness (QED) is 0.541. The molecule has 9 heteroatoms. The molecule has 2 aliphatic rings. The third kappa shape index (κ3) is 8.17. The van der Waals surface area contributed by atoms with Gasteiger partial charge in [0.15, 0.2) is 9.84 Å². The van der Waals surface area contributed by atoms with Gasteiger partial charge in [-0.3, -0.25) is 14.7 Å². The normalized spacial score (nSPS) is 19.7. The number of piperidine rings is 1. The van der Waals surface area contributed by atoms with Crippen LogP contribution in [0, 0.1) is 0 Å². The number of rotatable bonds is 9. The maximum Gasteiger partial charge on any atom is 0.175 e. The molecule has 0 spiro atoms. The molecule has 7 nitrogen and oxygen atoms in total. The van der Waals surface area contributed by atoms with Crippen LogP contribution in [-0.4, -0.2) is 99.0 Å². The summed E-state index contributed by atoms with van der Waals surface area (Å²) in [5.41, 5.74) is 0.895. The van der Waals surface area contributed by atoms with Crippen molar-refractivity contribution in [1.29, 1.82) is 0 Å². The molecule has 2 saturated heterocycles. The lowest BCUT2D eigenvalue weighted by Crippen LogP contribution is -2.54. The fourth-order valence-electron chi connectivity index (χ4n) is 5.05. The van der Waals surface area contributed by atoms with Crippen LogP contribution < -0.4 is 4.74 Å². The molecule has 1 unspecified atom stereocenters. The number of hydrogen-bond donors (Lipinski definition) is 1. The summed E-state index contributed by atoms with van der Waals surface area (Å²) >= 11 is 0. The number of ether oxygens (including phenoxy) is 1. The summed E-state index contributed by atoms with van der Waals surface area (Å²) < 4.78 is 29.9. The number of nitrogens with zero attached hydrogens (tertiary/aromatic N) is 3. The first kappa shape index (κ1) is 27.9. The molecule has 0 amide bonds. The van der Waals surface area contributed by atoms with Gasteiger partial charge in [-0.05, 0) is 49.7 Å². The second-order valence-corrected chi connectivity index (χ2v) is 11.5. The fourth-order valence-corrected chi connectivity index (χ4v) is 5.99. The van der Waals surface area contributed by atoms with E-state index in [1.165, 1.54) is 6.26 Å². The van der Waals surface area contributed by atoms with Gasteiger partial charge in [0.1, 0.15) is 18.5 Å². The van der Waals surface area contributed by atoms with Crippen LogP contribution in [0.4, 0.5) is 0 Å². The van der Waals surface area contributed by atoms with Gasteiger partial charge in [-0.2, -0.15) is 0 Å². The molecule has 2 aliphatic heterocycles. The van der Waals surface area contributed by atoms with Crippen LogP contribution in [0.2, 0.25) is 0 Å². The van der Waals surface area contributed by atoms with Gasteiger partial charge < -0.3 is 9.84 Å². The average Bonchev–Trinajstić information content (AvgIpc) is 2.84. The summed E-state index contributed by atoms with van der Waals surface area (Å²) in [4.78, 5) is 7.74.